The Balaban J connectivity index is 1.13. The molecule has 0 radical (unpaired) electrons. The van der Waals surface area contributed by atoms with Crippen LogP contribution in [0, 0.1) is 6.92 Å². The van der Waals surface area contributed by atoms with Crippen LogP contribution in [0.3, 0.4) is 0 Å². The molecule has 2 fully saturated rings. The van der Waals surface area contributed by atoms with Crippen LogP contribution in [0.15, 0.2) is 45.7 Å². The van der Waals surface area contributed by atoms with Crippen LogP contribution in [0.25, 0.3) is 11.2 Å². The van der Waals surface area contributed by atoms with E-state index in [-0.39, 0.29) is 37.2 Å². The van der Waals surface area contributed by atoms with Crippen molar-refractivity contribution in [1.29, 1.82) is 0 Å². The Morgan fingerprint density at radius 2 is 1.96 bits per heavy atom. The molecule has 268 valence electrons. The number of aryl methyl sites for hydroxylation is 1. The minimum Gasteiger partial charge on any atom is -0.505 e. The number of aromatic amines is 1. The Labute approximate surface area is 288 Å². The van der Waals surface area contributed by atoms with E-state index in [9.17, 15) is 34.9 Å². The number of nitrogens with one attached hydrogen (secondary N) is 1. The van der Waals surface area contributed by atoms with E-state index in [1.807, 2.05) is 0 Å². The summed E-state index contributed by atoms with van der Waals surface area (Å²) in [6.45, 7) is -2.87. The van der Waals surface area contributed by atoms with Crippen molar-refractivity contribution in [3.8, 4) is 5.75 Å². The van der Waals surface area contributed by atoms with Crippen molar-refractivity contribution in [2.24, 2.45) is 4.99 Å². The van der Waals surface area contributed by atoms with E-state index in [4.69, 9.17) is 30.5 Å². The summed E-state index contributed by atoms with van der Waals surface area (Å²) in [5.74, 6) is 0.0725. The molecule has 0 bridgehead atoms. The summed E-state index contributed by atoms with van der Waals surface area (Å²) < 4.78 is 26.2. The highest BCUT2D eigenvalue weighted by atomic mass is 32.5. The summed E-state index contributed by atoms with van der Waals surface area (Å²) in [7, 11) is 1.34. The molecule has 19 nitrogen and oxygen atoms in total. The molecule has 2 aliphatic heterocycles. The fourth-order valence-electron chi connectivity index (χ4n) is 5.96. The number of hydrogen-bond acceptors (Lipinski definition) is 16. The number of methoxy groups -OCH3 is 1. The molecule has 8 atom stereocenters. The van der Waals surface area contributed by atoms with Gasteiger partial charge in [0.25, 0.3) is 5.56 Å². The highest BCUT2D eigenvalue weighted by Crippen LogP contribution is 2.49. The first-order valence-corrected chi connectivity index (χ1v) is 18.2. The van der Waals surface area contributed by atoms with Gasteiger partial charge in [-0.25, -0.2) is 24.7 Å². The van der Waals surface area contributed by atoms with E-state index < -0.39 is 67.3 Å². The van der Waals surface area contributed by atoms with Crippen LogP contribution in [0.1, 0.15) is 42.1 Å². The molecular formula is C29H35N8O11PS. The van der Waals surface area contributed by atoms with Gasteiger partial charge in [0.15, 0.2) is 29.7 Å². The van der Waals surface area contributed by atoms with Crippen molar-refractivity contribution in [2.45, 2.75) is 69.3 Å². The van der Waals surface area contributed by atoms with Gasteiger partial charge in [0.2, 0.25) is 0 Å². The summed E-state index contributed by atoms with van der Waals surface area (Å²) in [5, 5.41) is 41.0. The number of nitrogens with zero attached hydrogens (tertiary/aromatic N) is 7. The number of fused-ring (bicyclic) bond motifs is 1. The molecule has 0 amide bonds. The Bertz CT molecular complexity index is 2060. The molecule has 2 aliphatic rings. The zero-order chi connectivity index (χ0) is 35.7. The van der Waals surface area contributed by atoms with Crippen LogP contribution < -0.4 is 11.2 Å². The van der Waals surface area contributed by atoms with E-state index in [1.54, 1.807) is 11.5 Å². The first-order valence-electron chi connectivity index (χ1n) is 15.4. The summed E-state index contributed by atoms with van der Waals surface area (Å²) in [6, 6.07) is 1.13. The quantitative estimate of drug-likeness (QED) is 0.0803. The summed E-state index contributed by atoms with van der Waals surface area (Å²) in [6.07, 6.45) is 0.486. The summed E-state index contributed by atoms with van der Waals surface area (Å²) in [5.41, 5.74) is 0.370. The third kappa shape index (κ3) is 7.17. The normalized spacial score (nSPS) is 26.6. The molecule has 21 heteroatoms. The molecule has 0 spiro atoms. The number of H-pyrrole nitrogens is 1. The van der Waals surface area contributed by atoms with Crippen LogP contribution in [0.5, 0.6) is 5.75 Å². The number of aromatic nitrogens is 7. The zero-order valence-electron chi connectivity index (χ0n) is 26.7. The van der Waals surface area contributed by atoms with Gasteiger partial charge in [-0.15, -0.1) is 0 Å². The third-order valence-corrected chi connectivity index (χ3v) is 10.7. The Kier molecular flexibility index (Phi) is 10.7. The summed E-state index contributed by atoms with van der Waals surface area (Å²) >= 11 is 5.45. The lowest BCUT2D eigenvalue weighted by Crippen LogP contribution is -2.39. The van der Waals surface area contributed by atoms with Gasteiger partial charge in [-0.2, -0.15) is 0 Å². The van der Waals surface area contributed by atoms with E-state index in [0.717, 1.165) is 10.6 Å². The van der Waals surface area contributed by atoms with Gasteiger partial charge in [-0.1, -0.05) is 0 Å². The molecule has 4 aromatic rings. The lowest BCUT2D eigenvalue weighted by atomic mass is 10.1. The van der Waals surface area contributed by atoms with Crippen molar-refractivity contribution in [3.63, 3.8) is 0 Å². The predicted octanol–water partition coefficient (Wildman–Crippen LogP) is -0.341. The highest BCUT2D eigenvalue weighted by molar-refractivity contribution is 8.09. The maximum absolute atomic E-state index is 12.4. The number of rotatable bonds is 12. The third-order valence-electron chi connectivity index (χ3n) is 8.54. The van der Waals surface area contributed by atoms with Gasteiger partial charge in [0.1, 0.15) is 36.6 Å². The van der Waals surface area contributed by atoms with Gasteiger partial charge >= 0.3 is 5.69 Å². The monoisotopic (exact) mass is 734 g/mol. The van der Waals surface area contributed by atoms with Crippen molar-refractivity contribution in [3.05, 3.63) is 68.8 Å². The second-order valence-electron chi connectivity index (χ2n) is 11.7. The van der Waals surface area contributed by atoms with E-state index >= 15 is 0 Å². The van der Waals surface area contributed by atoms with Gasteiger partial charge < -0.3 is 44.1 Å². The molecule has 0 aliphatic carbocycles. The van der Waals surface area contributed by atoms with Crippen LogP contribution in [-0.2, 0) is 37.1 Å². The topological polar surface area (TPSA) is 262 Å². The van der Waals surface area contributed by atoms with E-state index in [1.165, 1.54) is 38.4 Å². The van der Waals surface area contributed by atoms with Crippen molar-refractivity contribution >= 4 is 41.5 Å². The van der Waals surface area contributed by atoms with Crippen molar-refractivity contribution < 1.29 is 44.1 Å². The number of hydrogen-bond donors (Lipinski definition) is 6. The zero-order valence-corrected chi connectivity index (χ0v) is 28.4. The smallest absolute Gasteiger partial charge is 0.330 e. The van der Waals surface area contributed by atoms with Crippen molar-refractivity contribution in [2.75, 3.05) is 19.9 Å². The van der Waals surface area contributed by atoms with Crippen LogP contribution >= 0.6 is 6.49 Å². The maximum Gasteiger partial charge on any atom is 0.330 e. The largest absolute Gasteiger partial charge is 0.505 e. The minimum atomic E-state index is -3.60. The Morgan fingerprint density at radius 1 is 1.16 bits per heavy atom. The SMILES string of the molecule is COC1C(OP(O)(=S)CC[C@H]2O[C@@H](n3cnc4c(N=Cc5c(CO)cnc(C)c5O)ncnc43)CC2O)[C@@H](CO)O[C@H]1n1ccc(=O)[nH]c1=O. The van der Waals surface area contributed by atoms with Gasteiger partial charge in [0.05, 0.1) is 37.4 Å². The molecule has 4 unspecified atom stereocenters. The minimum absolute atomic E-state index is 0.0754. The molecule has 2 saturated heterocycles. The van der Waals surface area contributed by atoms with Crippen LogP contribution in [0.2, 0.25) is 0 Å². The highest BCUT2D eigenvalue weighted by Gasteiger charge is 2.49. The second kappa shape index (κ2) is 14.8. The number of aliphatic imine (C=N–C) groups is 1. The molecule has 6 N–H and O–H groups in total. The molecule has 4 aromatic heterocycles. The van der Waals surface area contributed by atoms with Gasteiger partial charge in [0, 0.05) is 55.5 Å². The first kappa shape index (κ1) is 36.0. The van der Waals surface area contributed by atoms with E-state index in [2.05, 4.69) is 29.9 Å². The van der Waals surface area contributed by atoms with Gasteiger partial charge in [-0.05, 0) is 25.2 Å². The fourth-order valence-corrected chi connectivity index (χ4v) is 7.89. The average molecular weight is 735 g/mol. The molecular weight excluding hydrogens is 699 g/mol. The standard InChI is InChI=1S/C29H35N8O11PS/c1-14-23(42)16(15(10-38)8-30-14)9-31-26-22-27(33-12-32-26)37(13-34-22)21-7-17(40)18(46-21)4-6-49(44,50)48-24-19(11-39)47-28(25(24)45-2)36-5-3-20(41)35-29(36)43/h3,5,8-9,12-13,17-19,21,24-25,28,38-40,42H,4,6-7,10-11H2,1-2H3,(H,44,50)(H,35,41,43)/t17?,18-,19-,21-,24?,25?,28-,49?/m1/s1. The number of pyridine rings is 1. The maximum atomic E-state index is 12.4. The Hall–Kier alpha value is -3.82. The number of ether oxygens (including phenoxy) is 3. The number of aliphatic hydroxyl groups excluding tert-OH is 3. The van der Waals surface area contributed by atoms with Crippen LogP contribution in [0.4, 0.5) is 5.82 Å². The molecule has 6 rings (SSSR count). The first-order chi connectivity index (χ1) is 23.9. The average Bonchev–Trinajstić information content (AvgIpc) is 3.79. The number of aromatic hydroxyl groups is 1. The molecule has 0 saturated carbocycles. The molecule has 50 heavy (non-hydrogen) atoms. The van der Waals surface area contributed by atoms with Crippen molar-refractivity contribution in [1.82, 2.24) is 34.1 Å². The molecule has 6 heterocycles. The number of imidazole rings is 1. The Morgan fingerprint density at radius 3 is 2.68 bits per heavy atom. The molecule has 0 aromatic carbocycles. The van der Waals surface area contributed by atoms with E-state index in [0.29, 0.717) is 28.0 Å². The second-order valence-corrected chi connectivity index (χ2v) is 15.3. The van der Waals surface area contributed by atoms with Crippen LogP contribution in [-0.4, -0.2) is 116 Å². The number of aliphatic hydroxyl groups is 3. The lowest BCUT2D eigenvalue weighted by Gasteiger charge is -2.28. The lowest BCUT2D eigenvalue weighted by molar-refractivity contribution is -0.0625. The summed E-state index contributed by atoms with van der Waals surface area (Å²) in [4.78, 5) is 58.6. The fraction of sp³-hybridized carbons (Fsp3) is 0.483. The van der Waals surface area contributed by atoms with Gasteiger partial charge in [-0.3, -0.25) is 23.9 Å². The predicted molar refractivity (Wildman–Crippen MR) is 178 cm³/mol.